The summed E-state index contributed by atoms with van der Waals surface area (Å²) in [5.74, 6) is 1.43. The molecule has 2 unspecified atom stereocenters. The molecule has 0 aromatic carbocycles. The molecule has 0 aliphatic carbocycles. The van der Waals surface area contributed by atoms with E-state index in [1.165, 1.54) is 19.4 Å². The first kappa shape index (κ1) is 16.9. The van der Waals surface area contributed by atoms with Crippen molar-refractivity contribution >= 4 is 0 Å². The van der Waals surface area contributed by atoms with Crippen LogP contribution >= 0.6 is 0 Å². The van der Waals surface area contributed by atoms with Crippen LogP contribution in [0.5, 0.6) is 0 Å². The lowest BCUT2D eigenvalue weighted by atomic mass is 9.84. The third-order valence-corrected chi connectivity index (χ3v) is 3.46. The summed E-state index contributed by atoms with van der Waals surface area (Å²) in [5, 5.41) is 0. The van der Waals surface area contributed by atoms with Gasteiger partial charge in [-0.1, -0.05) is 48.0 Å². The minimum atomic E-state index is 0.389. The van der Waals surface area contributed by atoms with Crippen LogP contribution in [-0.4, -0.2) is 31.1 Å². The Bertz CT molecular complexity index is 184. The quantitative estimate of drug-likeness (QED) is 0.707. The minimum Gasteiger partial charge on any atom is -0.330 e. The molecule has 0 bridgehead atoms. The summed E-state index contributed by atoms with van der Waals surface area (Å²) in [6.45, 7) is 18.1. The normalized spacial score (nSPS) is 16.2. The van der Waals surface area contributed by atoms with Crippen molar-refractivity contribution in [1.82, 2.24) is 4.90 Å². The summed E-state index contributed by atoms with van der Waals surface area (Å²) in [7, 11) is 0. The number of rotatable bonds is 8. The molecule has 2 N–H and O–H groups in total. The molecule has 0 saturated carbocycles. The number of hydrogen-bond donors (Lipinski definition) is 1. The zero-order valence-corrected chi connectivity index (χ0v) is 12.9. The summed E-state index contributed by atoms with van der Waals surface area (Å²) in [4.78, 5) is 2.57. The van der Waals surface area contributed by atoms with Crippen molar-refractivity contribution in [3.8, 4) is 0 Å². The molecule has 0 aromatic rings. The molecule has 17 heavy (non-hydrogen) atoms. The van der Waals surface area contributed by atoms with Gasteiger partial charge in [-0.2, -0.15) is 0 Å². The van der Waals surface area contributed by atoms with Gasteiger partial charge < -0.3 is 10.6 Å². The average molecular weight is 242 g/mol. The highest BCUT2D eigenvalue weighted by Gasteiger charge is 2.20. The highest BCUT2D eigenvalue weighted by atomic mass is 15.1. The predicted octanol–water partition coefficient (Wildman–Crippen LogP) is 3.37. The van der Waals surface area contributed by atoms with Gasteiger partial charge in [-0.25, -0.2) is 0 Å². The Kier molecular flexibility index (Phi) is 8.06. The summed E-state index contributed by atoms with van der Waals surface area (Å²) in [6, 6.07) is 0. The second-order valence-corrected chi connectivity index (χ2v) is 6.73. The zero-order chi connectivity index (χ0) is 13.5. The molecule has 0 spiro atoms. The molecular formula is C15H34N2. The molecule has 0 heterocycles. The van der Waals surface area contributed by atoms with E-state index in [1.54, 1.807) is 0 Å². The van der Waals surface area contributed by atoms with Crippen LogP contribution in [0.3, 0.4) is 0 Å². The summed E-state index contributed by atoms with van der Waals surface area (Å²) >= 11 is 0. The van der Waals surface area contributed by atoms with Crippen molar-refractivity contribution in [1.29, 1.82) is 0 Å². The van der Waals surface area contributed by atoms with Crippen molar-refractivity contribution in [3.63, 3.8) is 0 Å². The first-order valence-corrected chi connectivity index (χ1v) is 7.24. The molecule has 104 valence electrons. The van der Waals surface area contributed by atoms with E-state index in [-0.39, 0.29) is 0 Å². The van der Waals surface area contributed by atoms with Crippen LogP contribution in [0.2, 0.25) is 0 Å². The molecule has 0 rings (SSSR count). The van der Waals surface area contributed by atoms with Crippen LogP contribution in [0.1, 0.15) is 54.4 Å². The lowest BCUT2D eigenvalue weighted by molar-refractivity contribution is 0.181. The van der Waals surface area contributed by atoms with Crippen molar-refractivity contribution in [2.24, 2.45) is 23.0 Å². The maximum absolute atomic E-state index is 5.92. The zero-order valence-electron chi connectivity index (χ0n) is 12.9. The Morgan fingerprint density at radius 3 is 2.06 bits per heavy atom. The molecule has 0 aliphatic heterocycles. The van der Waals surface area contributed by atoms with Crippen LogP contribution in [0.4, 0.5) is 0 Å². The standard InChI is InChI=1S/C15H34N2/c1-7-13(3)11-17(8-2)12-14(10-16)9-15(4,5)6/h13-14H,7-12,16H2,1-6H3. The van der Waals surface area contributed by atoms with Gasteiger partial charge in [-0.05, 0) is 36.8 Å². The first-order valence-electron chi connectivity index (χ1n) is 7.24. The van der Waals surface area contributed by atoms with Gasteiger partial charge in [0.05, 0.1) is 0 Å². The highest BCUT2D eigenvalue weighted by molar-refractivity contribution is 4.74. The molecule has 0 saturated heterocycles. The summed E-state index contributed by atoms with van der Waals surface area (Å²) in [6.07, 6.45) is 2.49. The lowest BCUT2D eigenvalue weighted by Gasteiger charge is -2.31. The van der Waals surface area contributed by atoms with Crippen LogP contribution in [0.15, 0.2) is 0 Å². The van der Waals surface area contributed by atoms with Crippen molar-refractivity contribution in [2.75, 3.05) is 26.2 Å². The Morgan fingerprint density at radius 2 is 1.71 bits per heavy atom. The number of nitrogens with zero attached hydrogens (tertiary/aromatic N) is 1. The monoisotopic (exact) mass is 242 g/mol. The third kappa shape index (κ3) is 8.62. The van der Waals surface area contributed by atoms with Crippen LogP contribution in [0, 0.1) is 17.3 Å². The van der Waals surface area contributed by atoms with E-state index >= 15 is 0 Å². The van der Waals surface area contributed by atoms with Crippen molar-refractivity contribution in [2.45, 2.75) is 54.4 Å². The largest absolute Gasteiger partial charge is 0.330 e. The first-order chi connectivity index (χ1) is 7.82. The van der Waals surface area contributed by atoms with E-state index in [4.69, 9.17) is 5.73 Å². The van der Waals surface area contributed by atoms with E-state index < -0.39 is 0 Å². The Balaban J connectivity index is 4.22. The Hall–Kier alpha value is -0.0800. The molecule has 0 aliphatic rings. The maximum Gasteiger partial charge on any atom is 0.00219 e. The van der Waals surface area contributed by atoms with E-state index in [1.807, 2.05) is 0 Å². The Morgan fingerprint density at radius 1 is 1.12 bits per heavy atom. The Labute approximate surface area is 109 Å². The van der Waals surface area contributed by atoms with Crippen molar-refractivity contribution in [3.05, 3.63) is 0 Å². The van der Waals surface area contributed by atoms with Gasteiger partial charge in [0, 0.05) is 13.1 Å². The van der Waals surface area contributed by atoms with Crippen LogP contribution in [-0.2, 0) is 0 Å². The lowest BCUT2D eigenvalue weighted by Crippen LogP contribution is -2.37. The average Bonchev–Trinajstić information content (AvgIpc) is 2.24. The smallest absolute Gasteiger partial charge is 0.00219 e. The molecular weight excluding hydrogens is 208 g/mol. The van der Waals surface area contributed by atoms with Crippen LogP contribution in [0.25, 0.3) is 0 Å². The maximum atomic E-state index is 5.92. The van der Waals surface area contributed by atoms with E-state index in [9.17, 15) is 0 Å². The molecule has 0 radical (unpaired) electrons. The number of hydrogen-bond acceptors (Lipinski definition) is 2. The van der Waals surface area contributed by atoms with Gasteiger partial charge in [-0.3, -0.25) is 0 Å². The van der Waals surface area contributed by atoms with Gasteiger partial charge in [0.15, 0.2) is 0 Å². The fourth-order valence-corrected chi connectivity index (χ4v) is 2.36. The van der Waals surface area contributed by atoms with Gasteiger partial charge >= 0.3 is 0 Å². The van der Waals surface area contributed by atoms with Gasteiger partial charge in [-0.15, -0.1) is 0 Å². The molecule has 2 heteroatoms. The summed E-state index contributed by atoms with van der Waals surface area (Å²) < 4.78 is 0. The highest BCUT2D eigenvalue weighted by Crippen LogP contribution is 2.24. The molecule has 0 fully saturated rings. The fourth-order valence-electron chi connectivity index (χ4n) is 2.36. The van der Waals surface area contributed by atoms with E-state index in [0.717, 1.165) is 25.6 Å². The fraction of sp³-hybridized carbons (Fsp3) is 1.00. The van der Waals surface area contributed by atoms with E-state index in [2.05, 4.69) is 46.4 Å². The SMILES string of the molecule is CCC(C)CN(CC)CC(CN)CC(C)(C)C. The predicted molar refractivity (Wildman–Crippen MR) is 78.2 cm³/mol. The van der Waals surface area contributed by atoms with Gasteiger partial charge in [0.1, 0.15) is 0 Å². The minimum absolute atomic E-state index is 0.389. The second-order valence-electron chi connectivity index (χ2n) is 6.73. The summed E-state index contributed by atoms with van der Waals surface area (Å²) in [5.41, 5.74) is 6.31. The molecule has 2 atom stereocenters. The van der Waals surface area contributed by atoms with Crippen molar-refractivity contribution < 1.29 is 0 Å². The molecule has 2 nitrogen and oxygen atoms in total. The van der Waals surface area contributed by atoms with Crippen LogP contribution < -0.4 is 5.73 Å². The van der Waals surface area contributed by atoms with Gasteiger partial charge in [0.2, 0.25) is 0 Å². The third-order valence-electron chi connectivity index (χ3n) is 3.46. The van der Waals surface area contributed by atoms with E-state index in [0.29, 0.717) is 11.3 Å². The second kappa shape index (κ2) is 8.10. The van der Waals surface area contributed by atoms with Gasteiger partial charge in [0.25, 0.3) is 0 Å². The topological polar surface area (TPSA) is 29.3 Å². The molecule has 0 amide bonds. The number of nitrogens with two attached hydrogens (primary N) is 1. The molecule has 0 aromatic heterocycles.